The number of aromatic nitrogens is 2. The average Bonchev–Trinajstić information content (AvgIpc) is 3.05. The van der Waals surface area contributed by atoms with Gasteiger partial charge in [0.15, 0.2) is 11.6 Å². The summed E-state index contributed by atoms with van der Waals surface area (Å²) in [5.41, 5.74) is 0.380. The van der Waals surface area contributed by atoms with Gasteiger partial charge in [-0.1, -0.05) is 0 Å². The SMILES string of the molecule is CN(C)c1ncccc1OC1CCN(C(=O)c2ccc(=O)n(C)c2)C1. The molecule has 0 bridgehead atoms. The normalized spacial score (nSPS) is 16.8. The monoisotopic (exact) mass is 342 g/mol. The molecule has 1 fully saturated rings. The molecule has 1 aliphatic heterocycles. The molecular weight excluding hydrogens is 320 g/mol. The largest absolute Gasteiger partial charge is 0.485 e. The average molecular weight is 342 g/mol. The molecule has 2 aromatic rings. The Morgan fingerprint density at radius 3 is 2.84 bits per heavy atom. The first kappa shape index (κ1) is 17.0. The van der Waals surface area contributed by atoms with Crippen molar-refractivity contribution < 1.29 is 9.53 Å². The fraction of sp³-hybridized carbons (Fsp3) is 0.389. The number of rotatable bonds is 4. The van der Waals surface area contributed by atoms with E-state index in [2.05, 4.69) is 4.98 Å². The van der Waals surface area contributed by atoms with Gasteiger partial charge in [-0.25, -0.2) is 4.98 Å². The molecule has 7 heteroatoms. The number of hydrogen-bond donors (Lipinski definition) is 0. The molecule has 25 heavy (non-hydrogen) atoms. The topological polar surface area (TPSA) is 67.7 Å². The maximum atomic E-state index is 12.6. The van der Waals surface area contributed by atoms with Crippen molar-refractivity contribution in [3.63, 3.8) is 0 Å². The van der Waals surface area contributed by atoms with Crippen LogP contribution in [0.1, 0.15) is 16.8 Å². The third-order valence-electron chi connectivity index (χ3n) is 4.23. The van der Waals surface area contributed by atoms with Crippen LogP contribution in [-0.2, 0) is 7.05 Å². The molecule has 132 valence electrons. The number of anilines is 1. The summed E-state index contributed by atoms with van der Waals surface area (Å²) in [7, 11) is 5.47. The number of ether oxygens (including phenoxy) is 1. The Balaban J connectivity index is 1.68. The van der Waals surface area contributed by atoms with E-state index in [0.29, 0.717) is 24.4 Å². The molecule has 7 nitrogen and oxygen atoms in total. The van der Waals surface area contributed by atoms with Crippen molar-refractivity contribution in [1.29, 1.82) is 0 Å². The van der Waals surface area contributed by atoms with Crippen LogP contribution in [0.25, 0.3) is 0 Å². The van der Waals surface area contributed by atoms with E-state index in [0.717, 1.165) is 12.2 Å². The van der Waals surface area contributed by atoms with Crippen molar-refractivity contribution >= 4 is 11.7 Å². The highest BCUT2D eigenvalue weighted by molar-refractivity contribution is 5.94. The number of likely N-dealkylation sites (tertiary alicyclic amines) is 1. The summed E-state index contributed by atoms with van der Waals surface area (Å²) in [6.45, 7) is 1.15. The molecule has 3 rings (SSSR count). The van der Waals surface area contributed by atoms with Gasteiger partial charge in [-0.05, 0) is 18.2 Å². The first-order chi connectivity index (χ1) is 12.0. The second-order valence-corrected chi connectivity index (χ2v) is 6.37. The second kappa shape index (κ2) is 6.96. The number of carbonyl (C=O) groups is 1. The van der Waals surface area contributed by atoms with Crippen LogP contribution in [0.15, 0.2) is 41.5 Å². The number of pyridine rings is 2. The van der Waals surface area contributed by atoms with Crippen LogP contribution in [0.4, 0.5) is 5.82 Å². The van der Waals surface area contributed by atoms with Gasteiger partial charge in [0.1, 0.15) is 6.10 Å². The van der Waals surface area contributed by atoms with E-state index in [1.807, 2.05) is 31.1 Å². The second-order valence-electron chi connectivity index (χ2n) is 6.37. The number of nitrogens with zero attached hydrogens (tertiary/aromatic N) is 4. The van der Waals surface area contributed by atoms with Crippen molar-refractivity contribution in [2.45, 2.75) is 12.5 Å². The zero-order valence-electron chi connectivity index (χ0n) is 14.7. The highest BCUT2D eigenvalue weighted by Gasteiger charge is 2.29. The van der Waals surface area contributed by atoms with Crippen molar-refractivity contribution in [3.8, 4) is 5.75 Å². The molecule has 0 aliphatic carbocycles. The molecule has 0 radical (unpaired) electrons. The van der Waals surface area contributed by atoms with Gasteiger partial charge in [0.25, 0.3) is 5.91 Å². The Morgan fingerprint density at radius 2 is 2.12 bits per heavy atom. The van der Waals surface area contributed by atoms with Crippen molar-refractivity contribution in [2.75, 3.05) is 32.1 Å². The summed E-state index contributed by atoms with van der Waals surface area (Å²) in [6, 6.07) is 6.71. The summed E-state index contributed by atoms with van der Waals surface area (Å²) < 4.78 is 7.49. The molecule has 1 unspecified atom stereocenters. The molecule has 3 heterocycles. The van der Waals surface area contributed by atoms with Gasteiger partial charge in [-0.2, -0.15) is 0 Å². The van der Waals surface area contributed by atoms with Crippen molar-refractivity contribution in [3.05, 3.63) is 52.6 Å². The maximum absolute atomic E-state index is 12.6. The van der Waals surface area contributed by atoms with Crippen molar-refractivity contribution in [1.82, 2.24) is 14.5 Å². The minimum atomic E-state index is -0.132. The lowest BCUT2D eigenvalue weighted by Crippen LogP contribution is -2.32. The number of hydrogen-bond acceptors (Lipinski definition) is 5. The lowest BCUT2D eigenvalue weighted by atomic mass is 10.2. The standard InChI is InChI=1S/C18H22N4O3/c1-20(2)17-15(5-4-9-19-17)25-14-8-10-22(12-14)18(24)13-6-7-16(23)21(3)11-13/h4-7,9,11,14H,8,10,12H2,1-3H3. The van der Waals surface area contributed by atoms with Gasteiger partial charge in [0, 0.05) is 52.6 Å². The first-order valence-electron chi connectivity index (χ1n) is 8.20. The van der Waals surface area contributed by atoms with E-state index in [-0.39, 0.29) is 17.6 Å². The summed E-state index contributed by atoms with van der Waals surface area (Å²) in [4.78, 5) is 32.1. The third kappa shape index (κ3) is 3.65. The molecule has 0 spiro atoms. The molecular formula is C18H22N4O3. The van der Waals surface area contributed by atoms with E-state index < -0.39 is 0 Å². The van der Waals surface area contributed by atoms with Gasteiger partial charge < -0.3 is 19.1 Å². The van der Waals surface area contributed by atoms with E-state index >= 15 is 0 Å². The van der Waals surface area contributed by atoms with Crippen LogP contribution < -0.4 is 15.2 Å². The van der Waals surface area contributed by atoms with Crippen LogP contribution in [0.3, 0.4) is 0 Å². The molecule has 0 aromatic carbocycles. The molecule has 2 aromatic heterocycles. The Labute approximate surface area is 146 Å². The minimum absolute atomic E-state index is 0.0700. The molecule has 1 amide bonds. The Hall–Kier alpha value is -2.83. The summed E-state index contributed by atoms with van der Waals surface area (Å²) in [6.07, 6.45) is 4.00. The maximum Gasteiger partial charge on any atom is 0.255 e. The van der Waals surface area contributed by atoms with E-state index in [9.17, 15) is 9.59 Å². The molecule has 0 saturated carbocycles. The van der Waals surface area contributed by atoms with E-state index in [1.54, 1.807) is 30.4 Å². The first-order valence-corrected chi connectivity index (χ1v) is 8.20. The quantitative estimate of drug-likeness (QED) is 0.833. The fourth-order valence-corrected chi connectivity index (χ4v) is 2.90. The zero-order valence-corrected chi connectivity index (χ0v) is 14.7. The highest BCUT2D eigenvalue weighted by atomic mass is 16.5. The molecule has 1 saturated heterocycles. The van der Waals surface area contributed by atoms with Gasteiger partial charge in [0.2, 0.25) is 5.56 Å². The third-order valence-corrected chi connectivity index (χ3v) is 4.23. The van der Waals surface area contributed by atoms with Crippen LogP contribution in [0.5, 0.6) is 5.75 Å². The number of carbonyl (C=O) groups excluding carboxylic acids is 1. The van der Waals surface area contributed by atoms with Crippen LogP contribution in [0, 0.1) is 0 Å². The van der Waals surface area contributed by atoms with Crippen LogP contribution in [0.2, 0.25) is 0 Å². The molecule has 0 N–H and O–H groups in total. The van der Waals surface area contributed by atoms with Gasteiger partial charge in [-0.3, -0.25) is 9.59 Å². The Morgan fingerprint density at radius 1 is 1.32 bits per heavy atom. The predicted molar refractivity (Wildman–Crippen MR) is 95.2 cm³/mol. The fourth-order valence-electron chi connectivity index (χ4n) is 2.90. The van der Waals surface area contributed by atoms with Crippen LogP contribution >= 0.6 is 0 Å². The molecule has 1 atom stereocenters. The number of amides is 1. The number of aryl methyl sites for hydroxylation is 1. The Kier molecular flexibility index (Phi) is 4.74. The lowest BCUT2D eigenvalue weighted by molar-refractivity contribution is 0.0771. The summed E-state index contributed by atoms with van der Waals surface area (Å²) >= 11 is 0. The smallest absolute Gasteiger partial charge is 0.255 e. The Bertz CT molecular complexity index is 831. The van der Waals surface area contributed by atoms with Gasteiger partial charge in [0.05, 0.1) is 12.1 Å². The zero-order chi connectivity index (χ0) is 18.0. The summed E-state index contributed by atoms with van der Waals surface area (Å²) in [5, 5.41) is 0. The van der Waals surface area contributed by atoms with Gasteiger partial charge in [-0.15, -0.1) is 0 Å². The molecule has 1 aliphatic rings. The lowest BCUT2D eigenvalue weighted by Gasteiger charge is -2.20. The highest BCUT2D eigenvalue weighted by Crippen LogP contribution is 2.27. The van der Waals surface area contributed by atoms with E-state index in [1.165, 1.54) is 10.6 Å². The predicted octanol–water partition coefficient (Wildman–Crippen LogP) is 1.14. The summed E-state index contributed by atoms with van der Waals surface area (Å²) in [5.74, 6) is 1.40. The van der Waals surface area contributed by atoms with E-state index in [4.69, 9.17) is 4.74 Å². The van der Waals surface area contributed by atoms with Gasteiger partial charge >= 0.3 is 0 Å². The van der Waals surface area contributed by atoms with Crippen molar-refractivity contribution in [2.24, 2.45) is 7.05 Å². The minimum Gasteiger partial charge on any atom is -0.485 e. The van der Waals surface area contributed by atoms with Crippen LogP contribution in [-0.4, -0.2) is 53.6 Å².